The Balaban J connectivity index is 1.94. The Hall–Kier alpha value is -2.12. The van der Waals surface area contributed by atoms with Gasteiger partial charge in [0.05, 0.1) is 26.4 Å². The molecule has 0 bridgehead atoms. The predicted molar refractivity (Wildman–Crippen MR) is 94.2 cm³/mol. The molecule has 7 nitrogen and oxygen atoms in total. The van der Waals surface area contributed by atoms with Crippen molar-refractivity contribution in [1.29, 1.82) is 0 Å². The van der Waals surface area contributed by atoms with Crippen molar-refractivity contribution in [1.82, 2.24) is 5.32 Å². The van der Waals surface area contributed by atoms with E-state index in [1.54, 1.807) is 31.4 Å². The Labute approximate surface area is 148 Å². The summed E-state index contributed by atoms with van der Waals surface area (Å²) in [7, 11) is 1.58. The normalized spacial score (nSPS) is 17.4. The second kappa shape index (κ2) is 10.7. The molecular weight excluding hydrogens is 324 g/mol. The van der Waals surface area contributed by atoms with Gasteiger partial charge in [-0.2, -0.15) is 0 Å². The van der Waals surface area contributed by atoms with Crippen LogP contribution >= 0.6 is 0 Å². The summed E-state index contributed by atoms with van der Waals surface area (Å²) in [5.74, 6) is 0.405. The second-order valence-electron chi connectivity index (χ2n) is 5.51. The second-order valence-corrected chi connectivity index (χ2v) is 5.51. The predicted octanol–water partition coefficient (Wildman–Crippen LogP) is 2.01. The number of rotatable bonds is 8. The molecule has 25 heavy (non-hydrogen) atoms. The van der Waals surface area contributed by atoms with Crippen LogP contribution in [0.2, 0.25) is 0 Å². The van der Waals surface area contributed by atoms with Crippen molar-refractivity contribution in [2.75, 3.05) is 40.1 Å². The molecule has 1 heterocycles. The molecule has 1 amide bonds. The maximum atomic E-state index is 12.4. The van der Waals surface area contributed by atoms with Crippen LogP contribution in [0.1, 0.15) is 30.1 Å². The molecule has 1 atom stereocenters. The van der Waals surface area contributed by atoms with Crippen molar-refractivity contribution >= 4 is 11.9 Å². The number of hydrogen-bond donors (Lipinski definition) is 1. The lowest BCUT2D eigenvalue weighted by Crippen LogP contribution is -2.34. The highest BCUT2D eigenvalue weighted by molar-refractivity contribution is 6.04. The van der Waals surface area contributed by atoms with Gasteiger partial charge in [-0.1, -0.05) is 0 Å². The molecule has 1 saturated heterocycles. The largest absolute Gasteiger partial charge is 0.497 e. The van der Waals surface area contributed by atoms with Crippen LogP contribution in [0.5, 0.6) is 5.75 Å². The highest BCUT2D eigenvalue weighted by atomic mass is 16.5. The first kappa shape index (κ1) is 19.2. The minimum Gasteiger partial charge on any atom is -0.497 e. The molecule has 1 aromatic carbocycles. The molecule has 1 aliphatic rings. The summed E-state index contributed by atoms with van der Waals surface area (Å²) in [6.45, 7) is 4.52. The third kappa shape index (κ3) is 6.72. The summed E-state index contributed by atoms with van der Waals surface area (Å²) in [6.07, 6.45) is 2.10. The lowest BCUT2D eigenvalue weighted by molar-refractivity contribution is 0.0913. The maximum Gasteiger partial charge on any atom is 0.291 e. The van der Waals surface area contributed by atoms with Crippen LogP contribution in [0.4, 0.5) is 0 Å². The third-order valence-corrected chi connectivity index (χ3v) is 3.71. The minimum atomic E-state index is -0.287. The summed E-state index contributed by atoms with van der Waals surface area (Å²) in [4.78, 5) is 16.7. The van der Waals surface area contributed by atoms with E-state index in [0.29, 0.717) is 37.7 Å². The van der Waals surface area contributed by atoms with E-state index in [2.05, 4.69) is 10.3 Å². The fourth-order valence-corrected chi connectivity index (χ4v) is 2.35. The number of aliphatic imine (C=N–C) groups is 1. The fraction of sp³-hybridized carbons (Fsp3) is 0.556. The van der Waals surface area contributed by atoms with E-state index in [0.717, 1.165) is 19.4 Å². The number of amides is 1. The molecule has 0 aromatic heterocycles. The van der Waals surface area contributed by atoms with Gasteiger partial charge < -0.3 is 18.9 Å². The van der Waals surface area contributed by atoms with Crippen LogP contribution in [0.25, 0.3) is 0 Å². The first-order valence-corrected chi connectivity index (χ1v) is 8.55. The van der Waals surface area contributed by atoms with E-state index in [9.17, 15) is 4.79 Å². The van der Waals surface area contributed by atoms with Crippen LogP contribution < -0.4 is 10.1 Å². The quantitative estimate of drug-likeness (QED) is 0.441. The van der Waals surface area contributed by atoms with E-state index in [4.69, 9.17) is 18.9 Å². The molecule has 1 aromatic rings. The number of nitrogens with zero attached hydrogens (tertiary/aromatic N) is 1. The molecule has 1 N–H and O–H groups in total. The van der Waals surface area contributed by atoms with E-state index < -0.39 is 0 Å². The zero-order valence-corrected chi connectivity index (χ0v) is 14.8. The lowest BCUT2D eigenvalue weighted by Gasteiger charge is -2.12. The topological polar surface area (TPSA) is 78.4 Å². The summed E-state index contributed by atoms with van der Waals surface area (Å²) >= 11 is 0. The van der Waals surface area contributed by atoms with Crippen molar-refractivity contribution in [3.63, 3.8) is 0 Å². The molecule has 0 unspecified atom stereocenters. The van der Waals surface area contributed by atoms with Crippen molar-refractivity contribution < 1.29 is 23.7 Å². The van der Waals surface area contributed by atoms with Gasteiger partial charge in [0, 0.05) is 18.8 Å². The number of methoxy groups -OCH3 is 1. The van der Waals surface area contributed by atoms with Crippen LogP contribution in [0.3, 0.4) is 0 Å². The van der Waals surface area contributed by atoms with E-state index >= 15 is 0 Å². The van der Waals surface area contributed by atoms with Gasteiger partial charge in [-0.3, -0.25) is 10.1 Å². The summed E-state index contributed by atoms with van der Waals surface area (Å²) < 4.78 is 21.4. The van der Waals surface area contributed by atoms with Gasteiger partial charge in [0.25, 0.3) is 11.9 Å². The monoisotopic (exact) mass is 350 g/mol. The van der Waals surface area contributed by atoms with Crippen LogP contribution in [-0.4, -0.2) is 58.1 Å². The Morgan fingerprint density at radius 2 is 2.12 bits per heavy atom. The van der Waals surface area contributed by atoms with Gasteiger partial charge in [-0.15, -0.1) is 0 Å². The van der Waals surface area contributed by atoms with Crippen molar-refractivity contribution in [2.45, 2.75) is 25.9 Å². The van der Waals surface area contributed by atoms with E-state index in [-0.39, 0.29) is 18.0 Å². The van der Waals surface area contributed by atoms with E-state index in [1.165, 1.54) is 0 Å². The standard InChI is InChI=1S/C18H26N2O5/c1-3-23-11-12-25-18(19-13-16-5-4-10-24-16)20-17(21)14-6-8-15(22-2)9-7-14/h6-9,16H,3-5,10-13H2,1-2H3,(H,19,20,21)/t16-/m1/s1. The van der Waals surface area contributed by atoms with Gasteiger partial charge in [-0.05, 0) is 44.0 Å². The average molecular weight is 350 g/mol. The Kier molecular flexibility index (Phi) is 8.21. The molecule has 1 aliphatic heterocycles. The van der Waals surface area contributed by atoms with Gasteiger partial charge >= 0.3 is 0 Å². The summed E-state index contributed by atoms with van der Waals surface area (Å²) in [6, 6.07) is 7.02. The smallest absolute Gasteiger partial charge is 0.291 e. The zero-order valence-electron chi connectivity index (χ0n) is 14.8. The molecule has 2 rings (SSSR count). The summed E-state index contributed by atoms with van der Waals surface area (Å²) in [5.41, 5.74) is 0.499. The highest BCUT2D eigenvalue weighted by Gasteiger charge is 2.16. The van der Waals surface area contributed by atoms with E-state index in [1.807, 2.05) is 6.92 Å². The van der Waals surface area contributed by atoms with Crippen LogP contribution in [0, 0.1) is 0 Å². The number of amidine groups is 1. The molecule has 138 valence electrons. The van der Waals surface area contributed by atoms with Crippen LogP contribution in [-0.2, 0) is 14.2 Å². The van der Waals surface area contributed by atoms with Gasteiger partial charge in [0.15, 0.2) is 0 Å². The number of ether oxygens (including phenoxy) is 4. The van der Waals surface area contributed by atoms with Gasteiger partial charge in [0.2, 0.25) is 0 Å². The molecule has 0 saturated carbocycles. The number of carbonyl (C=O) groups excluding carboxylic acids is 1. The highest BCUT2D eigenvalue weighted by Crippen LogP contribution is 2.13. The molecule has 0 radical (unpaired) electrons. The number of carbonyl (C=O) groups is 1. The minimum absolute atomic E-state index is 0.0865. The molecule has 1 fully saturated rings. The number of nitrogens with one attached hydrogen (secondary N) is 1. The number of hydrogen-bond acceptors (Lipinski definition) is 6. The first-order chi connectivity index (χ1) is 12.2. The molecule has 0 aliphatic carbocycles. The summed E-state index contributed by atoms with van der Waals surface area (Å²) in [5, 5.41) is 2.71. The SMILES string of the molecule is CCOCCOC(=NC[C@H]1CCCO1)NC(=O)c1ccc(OC)cc1. The first-order valence-electron chi connectivity index (χ1n) is 8.55. The third-order valence-electron chi connectivity index (χ3n) is 3.71. The van der Waals surface area contributed by atoms with Crippen LogP contribution in [0.15, 0.2) is 29.3 Å². The fourth-order valence-electron chi connectivity index (χ4n) is 2.35. The number of benzene rings is 1. The maximum absolute atomic E-state index is 12.4. The Morgan fingerprint density at radius 3 is 2.76 bits per heavy atom. The van der Waals surface area contributed by atoms with Crippen molar-refractivity contribution in [3.8, 4) is 5.75 Å². The molecule has 7 heteroatoms. The Morgan fingerprint density at radius 1 is 1.32 bits per heavy atom. The molecular formula is C18H26N2O5. The molecule has 0 spiro atoms. The zero-order chi connectivity index (χ0) is 17.9. The van der Waals surface area contributed by atoms with Crippen molar-refractivity contribution in [3.05, 3.63) is 29.8 Å². The lowest BCUT2D eigenvalue weighted by atomic mass is 10.2. The van der Waals surface area contributed by atoms with Gasteiger partial charge in [0.1, 0.15) is 12.4 Å². The Bertz CT molecular complexity index is 553. The average Bonchev–Trinajstić information content (AvgIpc) is 3.16. The van der Waals surface area contributed by atoms with Gasteiger partial charge in [-0.25, -0.2) is 4.99 Å². The van der Waals surface area contributed by atoms with Crippen molar-refractivity contribution in [2.24, 2.45) is 4.99 Å².